The van der Waals surface area contributed by atoms with Crippen LogP contribution in [0, 0.1) is 0 Å². The van der Waals surface area contributed by atoms with Gasteiger partial charge in [0.15, 0.2) is 0 Å². The Bertz CT molecular complexity index is 866. The molecule has 142 valence electrons. The second-order valence-electron chi connectivity index (χ2n) is 6.54. The van der Waals surface area contributed by atoms with Crippen molar-refractivity contribution in [3.05, 3.63) is 107 Å². The summed E-state index contributed by atoms with van der Waals surface area (Å²) in [7, 11) is 1.35. The molecule has 3 aromatic carbocycles. The molecule has 0 aliphatic rings. The lowest BCUT2D eigenvalue weighted by Gasteiger charge is -2.18. The van der Waals surface area contributed by atoms with E-state index < -0.39 is 0 Å². The third-order valence-electron chi connectivity index (χ3n) is 4.66. The molecule has 0 unspecified atom stereocenters. The highest BCUT2D eigenvalue weighted by atomic mass is 16.5. The van der Waals surface area contributed by atoms with Gasteiger partial charge in [-0.3, -0.25) is 4.79 Å². The summed E-state index contributed by atoms with van der Waals surface area (Å²) in [5.74, 6) is -0.386. The molecule has 4 nitrogen and oxygen atoms in total. The quantitative estimate of drug-likeness (QED) is 0.628. The maximum atomic E-state index is 12.6. The number of hydrogen-bond acceptors (Lipinski definition) is 3. The van der Waals surface area contributed by atoms with E-state index in [1.54, 1.807) is 12.1 Å². The lowest BCUT2D eigenvalue weighted by Crippen LogP contribution is -2.25. The van der Waals surface area contributed by atoms with Gasteiger partial charge < -0.3 is 10.1 Å². The summed E-state index contributed by atoms with van der Waals surface area (Å²) in [6.45, 7) is 0.413. The van der Waals surface area contributed by atoms with Crippen LogP contribution in [0.25, 0.3) is 0 Å². The Kier molecular flexibility index (Phi) is 6.58. The molecule has 0 bridgehead atoms. The zero-order valence-corrected chi connectivity index (χ0v) is 15.8. The lowest BCUT2D eigenvalue weighted by atomic mass is 9.88. The molecule has 0 radical (unpaired) electrons. The summed E-state index contributed by atoms with van der Waals surface area (Å²) >= 11 is 0. The van der Waals surface area contributed by atoms with Gasteiger partial charge in [0.05, 0.1) is 12.7 Å². The van der Waals surface area contributed by atoms with E-state index in [4.69, 9.17) is 4.74 Å². The van der Waals surface area contributed by atoms with Gasteiger partial charge in [0, 0.05) is 18.9 Å². The summed E-state index contributed by atoms with van der Waals surface area (Å²) < 4.78 is 4.69. The number of esters is 1. The van der Waals surface area contributed by atoms with E-state index in [-0.39, 0.29) is 17.8 Å². The van der Waals surface area contributed by atoms with Gasteiger partial charge >= 0.3 is 5.97 Å². The zero-order chi connectivity index (χ0) is 19.8. The first-order valence-electron chi connectivity index (χ1n) is 9.21. The Balaban J connectivity index is 1.65. The summed E-state index contributed by atoms with van der Waals surface area (Å²) in [6, 6.07) is 27.2. The van der Waals surface area contributed by atoms with Crippen LogP contribution in [0.2, 0.25) is 0 Å². The van der Waals surface area contributed by atoms with Gasteiger partial charge in [-0.1, -0.05) is 72.8 Å². The maximum absolute atomic E-state index is 12.6. The molecule has 1 amide bonds. The molecule has 0 heterocycles. The largest absolute Gasteiger partial charge is 0.465 e. The summed E-state index contributed by atoms with van der Waals surface area (Å²) in [6.07, 6.45) is 0.369. The number of methoxy groups -OCH3 is 1. The van der Waals surface area contributed by atoms with Crippen LogP contribution in [-0.2, 0) is 16.1 Å². The molecule has 0 aliphatic heterocycles. The first-order chi connectivity index (χ1) is 13.7. The SMILES string of the molecule is COC(=O)c1ccc(CNC(=O)CC(c2ccccc2)c2ccccc2)cc1. The van der Waals surface area contributed by atoms with Crippen molar-refractivity contribution in [2.24, 2.45) is 0 Å². The van der Waals surface area contributed by atoms with Crippen molar-refractivity contribution in [2.45, 2.75) is 18.9 Å². The van der Waals surface area contributed by atoms with Gasteiger partial charge in [-0.05, 0) is 28.8 Å². The average molecular weight is 373 g/mol. The van der Waals surface area contributed by atoms with Crippen molar-refractivity contribution in [1.29, 1.82) is 0 Å². The van der Waals surface area contributed by atoms with Crippen LogP contribution in [0.5, 0.6) is 0 Å². The smallest absolute Gasteiger partial charge is 0.337 e. The molecular weight excluding hydrogens is 350 g/mol. The third kappa shape index (κ3) is 5.07. The molecule has 28 heavy (non-hydrogen) atoms. The number of rotatable bonds is 7. The number of carbonyl (C=O) groups excluding carboxylic acids is 2. The monoisotopic (exact) mass is 373 g/mol. The average Bonchev–Trinajstić information content (AvgIpc) is 2.77. The van der Waals surface area contributed by atoms with Crippen molar-refractivity contribution in [2.75, 3.05) is 7.11 Å². The van der Waals surface area contributed by atoms with E-state index in [1.165, 1.54) is 7.11 Å². The maximum Gasteiger partial charge on any atom is 0.337 e. The number of amides is 1. The highest BCUT2D eigenvalue weighted by molar-refractivity contribution is 5.89. The van der Waals surface area contributed by atoms with Crippen LogP contribution >= 0.6 is 0 Å². The standard InChI is InChI=1S/C24H23NO3/c1-28-24(27)21-14-12-18(13-15-21)17-25-23(26)16-22(19-8-4-2-5-9-19)20-10-6-3-7-11-20/h2-15,22H,16-17H2,1H3,(H,25,26). The minimum atomic E-state index is -0.371. The lowest BCUT2D eigenvalue weighted by molar-refractivity contribution is -0.121. The van der Waals surface area contributed by atoms with Crippen LogP contribution in [-0.4, -0.2) is 19.0 Å². The van der Waals surface area contributed by atoms with Crippen LogP contribution in [0.1, 0.15) is 39.4 Å². The van der Waals surface area contributed by atoms with Crippen LogP contribution in [0.3, 0.4) is 0 Å². The van der Waals surface area contributed by atoms with E-state index in [0.29, 0.717) is 18.5 Å². The van der Waals surface area contributed by atoms with Gasteiger partial charge in [0.2, 0.25) is 5.91 Å². The molecule has 0 aromatic heterocycles. The van der Waals surface area contributed by atoms with Crippen LogP contribution in [0.15, 0.2) is 84.9 Å². The Morgan fingerprint density at radius 3 is 1.86 bits per heavy atom. The van der Waals surface area contributed by atoms with Gasteiger partial charge in [0.1, 0.15) is 0 Å². The van der Waals surface area contributed by atoms with E-state index in [1.807, 2.05) is 48.5 Å². The predicted octanol–water partition coefficient (Wildman–Crippen LogP) is 4.31. The molecule has 4 heteroatoms. The van der Waals surface area contributed by atoms with Crippen LogP contribution in [0.4, 0.5) is 0 Å². The highest BCUT2D eigenvalue weighted by Gasteiger charge is 2.18. The highest BCUT2D eigenvalue weighted by Crippen LogP contribution is 2.27. The van der Waals surface area contributed by atoms with E-state index in [0.717, 1.165) is 16.7 Å². The van der Waals surface area contributed by atoms with Crippen molar-refractivity contribution in [3.63, 3.8) is 0 Å². The van der Waals surface area contributed by atoms with Crippen molar-refractivity contribution < 1.29 is 14.3 Å². The normalized spacial score (nSPS) is 10.5. The number of nitrogens with one attached hydrogen (secondary N) is 1. The van der Waals surface area contributed by atoms with Gasteiger partial charge in [-0.25, -0.2) is 4.79 Å². The summed E-state index contributed by atoms with van der Waals surface area (Å²) in [4.78, 5) is 24.1. The second-order valence-corrected chi connectivity index (χ2v) is 6.54. The van der Waals surface area contributed by atoms with Gasteiger partial charge in [-0.2, -0.15) is 0 Å². The second kappa shape index (κ2) is 9.51. The third-order valence-corrected chi connectivity index (χ3v) is 4.66. The minimum absolute atomic E-state index is 0.00380. The Hall–Kier alpha value is -3.40. The Labute approximate surface area is 165 Å². The molecule has 1 N–H and O–H groups in total. The molecule has 0 spiro atoms. The molecule has 0 aliphatic carbocycles. The number of benzene rings is 3. The minimum Gasteiger partial charge on any atom is -0.465 e. The molecule has 0 fully saturated rings. The Morgan fingerprint density at radius 1 is 0.821 bits per heavy atom. The topological polar surface area (TPSA) is 55.4 Å². The molecule has 3 aromatic rings. The van der Waals surface area contributed by atoms with Crippen molar-refractivity contribution >= 4 is 11.9 Å². The van der Waals surface area contributed by atoms with E-state index >= 15 is 0 Å². The van der Waals surface area contributed by atoms with Crippen molar-refractivity contribution in [1.82, 2.24) is 5.32 Å². The first kappa shape index (κ1) is 19.4. The van der Waals surface area contributed by atoms with E-state index in [2.05, 4.69) is 29.6 Å². The van der Waals surface area contributed by atoms with Crippen LogP contribution < -0.4 is 5.32 Å². The summed E-state index contributed by atoms with van der Waals surface area (Å²) in [5.41, 5.74) is 3.65. The van der Waals surface area contributed by atoms with Gasteiger partial charge in [0.25, 0.3) is 0 Å². The Morgan fingerprint density at radius 2 is 1.36 bits per heavy atom. The number of hydrogen-bond donors (Lipinski definition) is 1. The fourth-order valence-electron chi connectivity index (χ4n) is 3.13. The number of carbonyl (C=O) groups is 2. The zero-order valence-electron chi connectivity index (χ0n) is 15.8. The fraction of sp³-hybridized carbons (Fsp3) is 0.167. The van der Waals surface area contributed by atoms with Crippen molar-refractivity contribution in [3.8, 4) is 0 Å². The molecule has 0 atom stereocenters. The number of ether oxygens (including phenoxy) is 1. The molecule has 0 saturated heterocycles. The molecule has 0 saturated carbocycles. The fourth-order valence-corrected chi connectivity index (χ4v) is 3.13. The molecule has 3 rings (SSSR count). The summed E-state index contributed by atoms with van der Waals surface area (Å²) in [5, 5.41) is 2.98. The van der Waals surface area contributed by atoms with Gasteiger partial charge in [-0.15, -0.1) is 0 Å². The first-order valence-corrected chi connectivity index (χ1v) is 9.21. The van der Waals surface area contributed by atoms with E-state index in [9.17, 15) is 9.59 Å². The predicted molar refractivity (Wildman–Crippen MR) is 109 cm³/mol. The molecular formula is C24H23NO3.